The van der Waals surface area contributed by atoms with E-state index < -0.39 is 0 Å². The van der Waals surface area contributed by atoms with Crippen LogP contribution in [-0.2, 0) is 0 Å². The highest BCUT2D eigenvalue weighted by Gasteiger charge is 2.18. The van der Waals surface area contributed by atoms with Crippen LogP contribution >= 0.6 is 0 Å². The molecule has 0 saturated heterocycles. The summed E-state index contributed by atoms with van der Waals surface area (Å²) >= 11 is 0. The van der Waals surface area contributed by atoms with Crippen LogP contribution in [0.2, 0.25) is 0 Å². The first-order chi connectivity index (χ1) is 6.83. The van der Waals surface area contributed by atoms with Crippen molar-refractivity contribution >= 4 is 0 Å². The van der Waals surface area contributed by atoms with Crippen molar-refractivity contribution in [3.05, 3.63) is 0 Å². The van der Waals surface area contributed by atoms with Gasteiger partial charge in [0, 0.05) is 0 Å². The fourth-order valence-electron chi connectivity index (χ4n) is 2.47. The summed E-state index contributed by atoms with van der Waals surface area (Å²) in [6.07, 6.45) is 13.1. The minimum Gasteiger partial charge on any atom is -0.393 e. The molecule has 1 rings (SSSR count). The standard InChI is InChI=1S/C13H26O/c1-2-3-4-5-6-7-12-8-10-13(14)11-9-12/h12-14H,2-11H2,1H3. The topological polar surface area (TPSA) is 20.2 Å². The molecule has 1 fully saturated rings. The molecule has 0 spiro atoms. The quantitative estimate of drug-likeness (QED) is 0.642. The normalized spacial score (nSPS) is 27.9. The summed E-state index contributed by atoms with van der Waals surface area (Å²) in [5, 5.41) is 9.37. The smallest absolute Gasteiger partial charge is 0.0540 e. The highest BCUT2D eigenvalue weighted by atomic mass is 16.3. The van der Waals surface area contributed by atoms with Gasteiger partial charge in [-0.2, -0.15) is 0 Å². The molecule has 0 atom stereocenters. The number of aliphatic hydroxyl groups excluding tert-OH is 1. The van der Waals surface area contributed by atoms with Gasteiger partial charge in [0.1, 0.15) is 0 Å². The van der Waals surface area contributed by atoms with E-state index in [4.69, 9.17) is 0 Å². The summed E-state index contributed by atoms with van der Waals surface area (Å²) in [6, 6.07) is 0. The van der Waals surface area contributed by atoms with Crippen LogP contribution < -0.4 is 0 Å². The van der Waals surface area contributed by atoms with E-state index in [0.29, 0.717) is 0 Å². The second kappa shape index (κ2) is 7.28. The Kier molecular flexibility index (Phi) is 6.25. The SMILES string of the molecule is CCCCCCCC1CCC(O)CC1. The Morgan fingerprint density at radius 1 is 0.929 bits per heavy atom. The van der Waals surface area contributed by atoms with Gasteiger partial charge in [-0.3, -0.25) is 0 Å². The van der Waals surface area contributed by atoms with E-state index in [9.17, 15) is 5.11 Å². The number of hydrogen-bond donors (Lipinski definition) is 1. The van der Waals surface area contributed by atoms with Gasteiger partial charge in [0.25, 0.3) is 0 Å². The average Bonchev–Trinajstić information content (AvgIpc) is 2.21. The largest absolute Gasteiger partial charge is 0.393 e. The van der Waals surface area contributed by atoms with Crippen LogP contribution in [0.5, 0.6) is 0 Å². The summed E-state index contributed by atoms with van der Waals surface area (Å²) in [5.41, 5.74) is 0. The van der Waals surface area contributed by atoms with E-state index in [1.807, 2.05) is 0 Å². The van der Waals surface area contributed by atoms with Crippen LogP contribution in [0.25, 0.3) is 0 Å². The molecule has 14 heavy (non-hydrogen) atoms. The van der Waals surface area contributed by atoms with Gasteiger partial charge >= 0.3 is 0 Å². The molecule has 0 aliphatic heterocycles. The first-order valence-electron chi connectivity index (χ1n) is 6.51. The predicted octanol–water partition coefficient (Wildman–Crippen LogP) is 3.90. The van der Waals surface area contributed by atoms with Crippen LogP contribution in [-0.4, -0.2) is 11.2 Å². The molecule has 0 amide bonds. The lowest BCUT2D eigenvalue weighted by atomic mass is 9.84. The first-order valence-corrected chi connectivity index (χ1v) is 6.51. The van der Waals surface area contributed by atoms with Crippen molar-refractivity contribution < 1.29 is 5.11 Å². The minimum absolute atomic E-state index is 0.0198. The molecule has 0 heterocycles. The Labute approximate surface area is 88.9 Å². The van der Waals surface area contributed by atoms with Crippen molar-refractivity contribution in [3.8, 4) is 0 Å². The van der Waals surface area contributed by atoms with Gasteiger partial charge in [-0.15, -0.1) is 0 Å². The molecule has 1 aliphatic rings. The second-order valence-electron chi connectivity index (χ2n) is 4.88. The number of aliphatic hydroxyl groups is 1. The second-order valence-corrected chi connectivity index (χ2v) is 4.88. The van der Waals surface area contributed by atoms with Gasteiger partial charge in [-0.25, -0.2) is 0 Å². The summed E-state index contributed by atoms with van der Waals surface area (Å²) in [6.45, 7) is 2.27. The lowest BCUT2D eigenvalue weighted by Crippen LogP contribution is -2.17. The molecular formula is C13H26O. The summed E-state index contributed by atoms with van der Waals surface area (Å²) in [7, 11) is 0. The zero-order valence-corrected chi connectivity index (χ0v) is 9.67. The van der Waals surface area contributed by atoms with Crippen LogP contribution in [0.4, 0.5) is 0 Å². The summed E-state index contributed by atoms with van der Waals surface area (Å²) < 4.78 is 0. The van der Waals surface area contributed by atoms with Crippen molar-refractivity contribution in [2.75, 3.05) is 0 Å². The molecule has 0 radical (unpaired) electrons. The van der Waals surface area contributed by atoms with Gasteiger partial charge in [0.05, 0.1) is 6.10 Å². The molecule has 84 valence electrons. The van der Waals surface area contributed by atoms with E-state index in [2.05, 4.69) is 6.92 Å². The third kappa shape index (κ3) is 4.99. The molecule has 1 heteroatoms. The van der Waals surface area contributed by atoms with E-state index in [1.165, 1.54) is 51.4 Å². The first kappa shape index (κ1) is 12.0. The van der Waals surface area contributed by atoms with E-state index in [-0.39, 0.29) is 6.10 Å². The Balaban J connectivity index is 1.91. The zero-order chi connectivity index (χ0) is 10.2. The molecule has 0 unspecified atom stereocenters. The molecule has 0 aromatic heterocycles. The highest BCUT2D eigenvalue weighted by Crippen LogP contribution is 2.28. The molecule has 1 saturated carbocycles. The lowest BCUT2D eigenvalue weighted by Gasteiger charge is -2.25. The van der Waals surface area contributed by atoms with Crippen molar-refractivity contribution in [1.29, 1.82) is 0 Å². The number of hydrogen-bond acceptors (Lipinski definition) is 1. The van der Waals surface area contributed by atoms with Gasteiger partial charge < -0.3 is 5.11 Å². The monoisotopic (exact) mass is 198 g/mol. The van der Waals surface area contributed by atoms with E-state index in [1.54, 1.807) is 0 Å². The van der Waals surface area contributed by atoms with Crippen LogP contribution in [0, 0.1) is 5.92 Å². The van der Waals surface area contributed by atoms with E-state index in [0.717, 1.165) is 18.8 Å². The zero-order valence-electron chi connectivity index (χ0n) is 9.67. The molecule has 1 nitrogen and oxygen atoms in total. The maximum absolute atomic E-state index is 9.37. The van der Waals surface area contributed by atoms with Crippen molar-refractivity contribution in [2.45, 2.75) is 77.2 Å². The van der Waals surface area contributed by atoms with Gasteiger partial charge in [-0.1, -0.05) is 45.4 Å². The number of rotatable bonds is 6. The molecule has 1 aliphatic carbocycles. The van der Waals surface area contributed by atoms with Crippen molar-refractivity contribution in [3.63, 3.8) is 0 Å². The predicted molar refractivity (Wildman–Crippen MR) is 61.3 cm³/mol. The highest BCUT2D eigenvalue weighted by molar-refractivity contribution is 4.71. The lowest BCUT2D eigenvalue weighted by molar-refractivity contribution is 0.106. The van der Waals surface area contributed by atoms with Crippen molar-refractivity contribution in [2.24, 2.45) is 5.92 Å². The Morgan fingerprint density at radius 2 is 1.57 bits per heavy atom. The maximum Gasteiger partial charge on any atom is 0.0540 e. The average molecular weight is 198 g/mol. The van der Waals surface area contributed by atoms with Gasteiger partial charge in [0.15, 0.2) is 0 Å². The molecular weight excluding hydrogens is 172 g/mol. The minimum atomic E-state index is 0.0198. The molecule has 1 N–H and O–H groups in total. The van der Waals surface area contributed by atoms with Gasteiger partial charge in [0.2, 0.25) is 0 Å². The fourth-order valence-corrected chi connectivity index (χ4v) is 2.47. The molecule has 0 aromatic carbocycles. The third-order valence-electron chi connectivity index (χ3n) is 3.53. The van der Waals surface area contributed by atoms with Gasteiger partial charge in [-0.05, 0) is 31.6 Å². The molecule has 0 bridgehead atoms. The Morgan fingerprint density at radius 3 is 2.21 bits per heavy atom. The fraction of sp³-hybridized carbons (Fsp3) is 1.00. The van der Waals surface area contributed by atoms with Crippen molar-refractivity contribution in [1.82, 2.24) is 0 Å². The maximum atomic E-state index is 9.37. The Hall–Kier alpha value is -0.0400. The van der Waals surface area contributed by atoms with Crippen LogP contribution in [0.1, 0.15) is 71.1 Å². The summed E-state index contributed by atoms with van der Waals surface area (Å²) in [4.78, 5) is 0. The third-order valence-corrected chi connectivity index (χ3v) is 3.53. The Bertz CT molecular complexity index is 125. The van der Waals surface area contributed by atoms with Crippen LogP contribution in [0.15, 0.2) is 0 Å². The summed E-state index contributed by atoms with van der Waals surface area (Å²) in [5.74, 6) is 0.931. The molecule has 0 aromatic rings. The number of unbranched alkanes of at least 4 members (excludes halogenated alkanes) is 4. The van der Waals surface area contributed by atoms with Crippen LogP contribution in [0.3, 0.4) is 0 Å². The van der Waals surface area contributed by atoms with E-state index >= 15 is 0 Å².